The third-order valence-corrected chi connectivity index (χ3v) is 2.18. The van der Waals surface area contributed by atoms with Crippen molar-refractivity contribution < 1.29 is 23.5 Å². The van der Waals surface area contributed by atoms with Crippen LogP contribution < -0.4 is 5.73 Å². The van der Waals surface area contributed by atoms with Crippen molar-refractivity contribution in [2.75, 3.05) is 12.3 Å². The summed E-state index contributed by atoms with van der Waals surface area (Å²) in [6, 6.07) is 6.38. The largest absolute Gasteiger partial charge is 0.516 e. The van der Waals surface area contributed by atoms with Crippen molar-refractivity contribution in [2.45, 2.75) is 6.92 Å². The molecule has 1 aromatic carbocycles. The first kappa shape index (κ1) is 12.0. The molecule has 94 valence electrons. The van der Waals surface area contributed by atoms with Gasteiger partial charge >= 0.3 is 12.1 Å². The van der Waals surface area contributed by atoms with Crippen LogP contribution in [-0.4, -0.2) is 18.7 Å². The predicted molar refractivity (Wildman–Crippen MR) is 63.1 cm³/mol. The molecule has 0 saturated carbocycles. The number of fused-ring (bicyclic) bond motifs is 1. The highest BCUT2D eigenvalue weighted by Crippen LogP contribution is 2.22. The Morgan fingerprint density at radius 2 is 2.11 bits per heavy atom. The second-order valence-corrected chi connectivity index (χ2v) is 3.48. The number of rotatable bonds is 2. The summed E-state index contributed by atoms with van der Waals surface area (Å²) in [5, 5.41) is 0.658. The summed E-state index contributed by atoms with van der Waals surface area (Å²) >= 11 is 0. The van der Waals surface area contributed by atoms with Crippen molar-refractivity contribution in [3.05, 3.63) is 30.0 Å². The molecule has 0 spiro atoms. The Morgan fingerprint density at radius 1 is 1.33 bits per heavy atom. The maximum atomic E-state index is 11.5. The van der Waals surface area contributed by atoms with E-state index in [-0.39, 0.29) is 12.4 Å². The molecule has 0 aliphatic carbocycles. The third kappa shape index (κ3) is 2.42. The highest BCUT2D eigenvalue weighted by atomic mass is 16.7. The number of benzene rings is 1. The minimum Gasteiger partial charge on any atom is -0.449 e. The number of carbonyl (C=O) groups excluding carboxylic acids is 2. The SMILES string of the molecule is CCOC(=O)OC(=O)c1cc2cc(N)ccc2o1. The van der Waals surface area contributed by atoms with E-state index < -0.39 is 12.1 Å². The smallest absolute Gasteiger partial charge is 0.449 e. The van der Waals surface area contributed by atoms with Gasteiger partial charge in [-0.05, 0) is 31.2 Å². The molecule has 0 amide bonds. The zero-order valence-corrected chi connectivity index (χ0v) is 9.64. The number of esters is 1. The Labute approximate surface area is 102 Å². The van der Waals surface area contributed by atoms with E-state index in [1.54, 1.807) is 25.1 Å². The first-order valence-electron chi connectivity index (χ1n) is 5.28. The van der Waals surface area contributed by atoms with Gasteiger partial charge in [0.15, 0.2) is 0 Å². The number of nitrogens with two attached hydrogens (primary N) is 1. The second kappa shape index (κ2) is 4.79. The van der Waals surface area contributed by atoms with E-state index >= 15 is 0 Å². The maximum absolute atomic E-state index is 11.5. The zero-order chi connectivity index (χ0) is 13.1. The molecule has 6 nitrogen and oxygen atoms in total. The molecule has 18 heavy (non-hydrogen) atoms. The summed E-state index contributed by atoms with van der Waals surface area (Å²) in [6.45, 7) is 1.73. The predicted octanol–water partition coefficient (Wildman–Crippen LogP) is 2.33. The van der Waals surface area contributed by atoms with Gasteiger partial charge in [-0.2, -0.15) is 0 Å². The minimum atomic E-state index is -1.05. The van der Waals surface area contributed by atoms with Crippen LogP contribution in [-0.2, 0) is 9.47 Å². The topological polar surface area (TPSA) is 91.8 Å². The van der Waals surface area contributed by atoms with Gasteiger partial charge < -0.3 is 19.6 Å². The van der Waals surface area contributed by atoms with Gasteiger partial charge in [0, 0.05) is 11.1 Å². The molecular formula is C12H11NO5. The lowest BCUT2D eigenvalue weighted by atomic mass is 10.2. The molecule has 2 rings (SSSR count). The molecule has 0 fully saturated rings. The Bertz CT molecular complexity index is 602. The normalized spacial score (nSPS) is 10.3. The van der Waals surface area contributed by atoms with Crippen LogP contribution in [0.25, 0.3) is 11.0 Å². The van der Waals surface area contributed by atoms with Gasteiger partial charge in [-0.15, -0.1) is 0 Å². The van der Waals surface area contributed by atoms with Crippen LogP contribution in [0.4, 0.5) is 10.5 Å². The lowest BCUT2D eigenvalue weighted by Gasteiger charge is -1.99. The monoisotopic (exact) mass is 249 g/mol. The van der Waals surface area contributed by atoms with E-state index in [9.17, 15) is 9.59 Å². The molecule has 2 aromatic rings. The van der Waals surface area contributed by atoms with Gasteiger partial charge in [-0.25, -0.2) is 9.59 Å². The summed E-state index contributed by atoms with van der Waals surface area (Å²) < 4.78 is 14.1. The standard InChI is InChI=1S/C12H11NO5/c1-2-16-12(15)18-11(14)10-6-7-5-8(13)3-4-9(7)17-10/h3-6H,2,13H2,1H3. The number of hydrogen-bond acceptors (Lipinski definition) is 6. The van der Waals surface area contributed by atoms with Crippen molar-refractivity contribution in [1.29, 1.82) is 0 Å². The lowest BCUT2D eigenvalue weighted by Crippen LogP contribution is -2.13. The van der Waals surface area contributed by atoms with E-state index in [1.165, 1.54) is 6.07 Å². The molecule has 0 bridgehead atoms. The molecule has 1 aromatic heterocycles. The first-order chi connectivity index (χ1) is 8.60. The zero-order valence-electron chi connectivity index (χ0n) is 9.64. The average Bonchev–Trinajstić information content (AvgIpc) is 2.72. The summed E-state index contributed by atoms with van der Waals surface area (Å²) in [7, 11) is 0. The second-order valence-electron chi connectivity index (χ2n) is 3.48. The average molecular weight is 249 g/mol. The van der Waals surface area contributed by atoms with Gasteiger partial charge in [0.1, 0.15) is 5.58 Å². The molecule has 0 radical (unpaired) electrons. The number of carbonyl (C=O) groups is 2. The molecule has 0 aliphatic rings. The summed E-state index contributed by atoms with van der Waals surface area (Å²) in [4.78, 5) is 22.5. The van der Waals surface area contributed by atoms with Crippen LogP contribution in [0.5, 0.6) is 0 Å². The van der Waals surface area contributed by atoms with Crippen LogP contribution in [0.15, 0.2) is 28.7 Å². The van der Waals surface area contributed by atoms with Crippen LogP contribution in [0.1, 0.15) is 17.5 Å². The number of ether oxygens (including phenoxy) is 2. The molecule has 0 saturated heterocycles. The molecule has 1 heterocycles. The third-order valence-electron chi connectivity index (χ3n) is 2.18. The Balaban J connectivity index is 2.20. The molecule has 0 atom stereocenters. The van der Waals surface area contributed by atoms with Crippen molar-refractivity contribution in [2.24, 2.45) is 0 Å². The molecule has 0 unspecified atom stereocenters. The Kier molecular flexibility index (Phi) is 3.18. The number of anilines is 1. The lowest BCUT2D eigenvalue weighted by molar-refractivity contribution is 0.0375. The summed E-state index contributed by atoms with van der Waals surface area (Å²) in [6.07, 6.45) is -1.05. The minimum absolute atomic E-state index is 0.0800. The van der Waals surface area contributed by atoms with Gasteiger partial charge in [-0.1, -0.05) is 0 Å². The van der Waals surface area contributed by atoms with Crippen molar-refractivity contribution in [3.63, 3.8) is 0 Å². The number of nitrogen functional groups attached to an aromatic ring is 1. The van der Waals surface area contributed by atoms with Crippen LogP contribution in [0, 0.1) is 0 Å². The highest BCUT2D eigenvalue weighted by Gasteiger charge is 2.18. The molecular weight excluding hydrogens is 238 g/mol. The Morgan fingerprint density at radius 3 is 2.83 bits per heavy atom. The first-order valence-corrected chi connectivity index (χ1v) is 5.28. The van der Waals surface area contributed by atoms with Gasteiger partial charge in [0.2, 0.25) is 5.76 Å². The van der Waals surface area contributed by atoms with Crippen molar-refractivity contribution >= 4 is 28.8 Å². The van der Waals surface area contributed by atoms with Crippen molar-refractivity contribution in [3.8, 4) is 0 Å². The fourth-order valence-electron chi connectivity index (χ4n) is 1.44. The van der Waals surface area contributed by atoms with Crippen LogP contribution in [0.2, 0.25) is 0 Å². The number of hydrogen-bond donors (Lipinski definition) is 1. The summed E-state index contributed by atoms with van der Waals surface area (Å²) in [5.41, 5.74) is 6.63. The van der Waals surface area contributed by atoms with E-state index in [0.717, 1.165) is 0 Å². The fraction of sp³-hybridized carbons (Fsp3) is 0.167. The van der Waals surface area contributed by atoms with Gasteiger partial charge in [-0.3, -0.25) is 0 Å². The quantitative estimate of drug-likeness (QED) is 0.499. The highest BCUT2D eigenvalue weighted by molar-refractivity contribution is 5.97. The maximum Gasteiger partial charge on any atom is 0.516 e. The van der Waals surface area contributed by atoms with Crippen LogP contribution in [0.3, 0.4) is 0 Å². The van der Waals surface area contributed by atoms with Crippen molar-refractivity contribution in [1.82, 2.24) is 0 Å². The van der Waals surface area contributed by atoms with E-state index in [1.807, 2.05) is 0 Å². The fourth-order valence-corrected chi connectivity index (χ4v) is 1.44. The van der Waals surface area contributed by atoms with Gasteiger partial charge in [0.05, 0.1) is 6.61 Å². The van der Waals surface area contributed by atoms with Gasteiger partial charge in [0.25, 0.3) is 0 Å². The van der Waals surface area contributed by atoms with Crippen LogP contribution >= 0.6 is 0 Å². The van der Waals surface area contributed by atoms with E-state index in [2.05, 4.69) is 9.47 Å². The summed E-state index contributed by atoms with van der Waals surface area (Å²) in [5.74, 6) is -0.980. The number of furan rings is 1. The molecule has 6 heteroatoms. The molecule has 2 N–H and O–H groups in total. The molecule has 0 aliphatic heterocycles. The Hall–Kier alpha value is -2.50. The van der Waals surface area contributed by atoms with E-state index in [0.29, 0.717) is 16.7 Å². The van der Waals surface area contributed by atoms with E-state index in [4.69, 9.17) is 10.2 Å².